The second-order valence-electron chi connectivity index (χ2n) is 6.67. The molecule has 0 unspecified atom stereocenters. The number of urea groups is 1. The van der Waals surface area contributed by atoms with E-state index in [4.69, 9.17) is 9.47 Å². The number of ether oxygens (including phenoxy) is 2. The molecule has 0 aliphatic carbocycles. The Morgan fingerprint density at radius 3 is 2.27 bits per heavy atom. The van der Waals surface area contributed by atoms with Crippen LogP contribution in [0.5, 0.6) is 5.75 Å². The zero-order valence-corrected chi connectivity index (χ0v) is 16.7. The Hall–Kier alpha value is -3.68. The normalized spacial score (nSPS) is 18.1. The molecule has 0 bridgehead atoms. The minimum atomic E-state index is -1.21. The summed E-state index contributed by atoms with van der Waals surface area (Å²) in [4.78, 5) is 50.3. The third-order valence-corrected chi connectivity index (χ3v) is 4.86. The highest BCUT2D eigenvalue weighted by molar-refractivity contribution is 6.09. The molecule has 1 atom stereocenters. The first-order valence-corrected chi connectivity index (χ1v) is 9.58. The molecule has 8 nitrogen and oxygen atoms in total. The molecule has 1 saturated heterocycles. The minimum absolute atomic E-state index is 0.185. The van der Waals surface area contributed by atoms with Crippen molar-refractivity contribution in [2.75, 3.05) is 13.2 Å². The number of benzene rings is 2. The van der Waals surface area contributed by atoms with E-state index in [1.165, 1.54) is 24.3 Å². The number of hydrogen-bond acceptors (Lipinski definition) is 6. The third-order valence-electron chi connectivity index (χ3n) is 4.86. The van der Waals surface area contributed by atoms with Gasteiger partial charge in [-0.1, -0.05) is 37.3 Å². The number of nitrogens with zero attached hydrogens (tertiary/aromatic N) is 1. The summed E-state index contributed by atoms with van der Waals surface area (Å²) in [5.41, 5.74) is -0.238. The Morgan fingerprint density at radius 2 is 1.67 bits per heavy atom. The van der Waals surface area contributed by atoms with E-state index in [-0.39, 0.29) is 12.4 Å². The quantitative estimate of drug-likeness (QED) is 0.428. The number of carbonyl (C=O) groups is 4. The molecule has 2 aromatic rings. The highest BCUT2D eigenvalue weighted by Gasteiger charge is 2.51. The molecule has 1 aliphatic rings. The third kappa shape index (κ3) is 4.03. The predicted molar refractivity (Wildman–Crippen MR) is 107 cm³/mol. The van der Waals surface area contributed by atoms with Gasteiger partial charge in [-0.05, 0) is 43.2 Å². The molecule has 1 N–H and O–H groups in total. The highest BCUT2D eigenvalue weighted by Crippen LogP contribution is 2.32. The predicted octanol–water partition coefficient (Wildman–Crippen LogP) is 2.63. The molecule has 0 radical (unpaired) electrons. The van der Waals surface area contributed by atoms with Crippen molar-refractivity contribution in [3.8, 4) is 5.75 Å². The zero-order chi connectivity index (χ0) is 21.7. The Bertz CT molecular complexity index is 957. The van der Waals surface area contributed by atoms with Crippen LogP contribution >= 0.6 is 0 Å². The lowest BCUT2D eigenvalue weighted by molar-refractivity contribution is -0.141. The molecule has 156 valence electrons. The van der Waals surface area contributed by atoms with Crippen molar-refractivity contribution in [3.63, 3.8) is 0 Å². The lowest BCUT2D eigenvalue weighted by atomic mass is 9.87. The molecule has 2 aromatic carbocycles. The molecule has 3 rings (SSSR count). The maximum atomic E-state index is 13.0. The fraction of sp³-hybridized carbons (Fsp3) is 0.273. The van der Waals surface area contributed by atoms with Crippen molar-refractivity contribution in [2.24, 2.45) is 0 Å². The lowest BCUT2D eigenvalue weighted by Crippen LogP contribution is -2.44. The van der Waals surface area contributed by atoms with Gasteiger partial charge in [0.25, 0.3) is 5.91 Å². The van der Waals surface area contributed by atoms with Crippen LogP contribution in [-0.2, 0) is 19.9 Å². The topological polar surface area (TPSA) is 102 Å². The number of nitrogens with one attached hydrogen (secondary N) is 1. The first kappa shape index (κ1) is 21.0. The van der Waals surface area contributed by atoms with Crippen LogP contribution in [0.4, 0.5) is 4.79 Å². The molecule has 30 heavy (non-hydrogen) atoms. The second-order valence-corrected chi connectivity index (χ2v) is 6.67. The molecule has 1 fully saturated rings. The fourth-order valence-corrected chi connectivity index (χ4v) is 3.30. The Labute approximate surface area is 173 Å². The summed E-state index contributed by atoms with van der Waals surface area (Å²) in [6.07, 6.45) is 0.336. The van der Waals surface area contributed by atoms with E-state index >= 15 is 0 Å². The average molecular weight is 410 g/mol. The molecule has 0 aromatic heterocycles. The molecule has 1 heterocycles. The highest BCUT2D eigenvalue weighted by atomic mass is 16.5. The molecule has 0 saturated carbocycles. The van der Waals surface area contributed by atoms with Crippen LogP contribution in [-0.4, -0.2) is 41.9 Å². The van der Waals surface area contributed by atoms with Crippen LogP contribution in [0.3, 0.4) is 0 Å². The Morgan fingerprint density at radius 1 is 1.00 bits per heavy atom. The van der Waals surface area contributed by atoms with Gasteiger partial charge in [0, 0.05) is 0 Å². The maximum absolute atomic E-state index is 13.0. The van der Waals surface area contributed by atoms with E-state index in [1.807, 2.05) is 6.07 Å². The van der Waals surface area contributed by atoms with E-state index < -0.39 is 36.0 Å². The number of rotatable bonds is 7. The van der Waals surface area contributed by atoms with Crippen molar-refractivity contribution in [1.82, 2.24) is 10.2 Å². The summed E-state index contributed by atoms with van der Waals surface area (Å²) >= 11 is 0. The van der Waals surface area contributed by atoms with Crippen molar-refractivity contribution in [2.45, 2.75) is 25.8 Å². The van der Waals surface area contributed by atoms with Crippen LogP contribution in [0.15, 0.2) is 54.6 Å². The SMILES string of the molecule is CCOC(=O)c1ccc(OC(=O)CN2C(=O)N[C@](CC)(c3ccccc3)C2=O)cc1. The number of esters is 2. The largest absolute Gasteiger partial charge is 0.462 e. The van der Waals surface area contributed by atoms with Gasteiger partial charge in [0.1, 0.15) is 17.8 Å². The molecule has 1 aliphatic heterocycles. The minimum Gasteiger partial charge on any atom is -0.462 e. The van der Waals surface area contributed by atoms with Crippen LogP contribution in [0.25, 0.3) is 0 Å². The van der Waals surface area contributed by atoms with Crippen LogP contribution in [0.1, 0.15) is 36.2 Å². The van der Waals surface area contributed by atoms with Crippen molar-refractivity contribution >= 4 is 23.9 Å². The van der Waals surface area contributed by atoms with Gasteiger partial charge in [0.2, 0.25) is 0 Å². The number of imide groups is 1. The van der Waals surface area contributed by atoms with Crippen molar-refractivity contribution < 1.29 is 28.7 Å². The standard InChI is InChI=1S/C22H22N2O6/c1-3-22(16-8-6-5-7-9-16)20(27)24(21(28)23-22)14-18(25)30-17-12-10-15(11-13-17)19(26)29-4-2/h5-13H,3-4,14H2,1-2H3,(H,23,28)/t22-/m1/s1. The van der Waals surface area contributed by atoms with Gasteiger partial charge in [0.15, 0.2) is 0 Å². The number of amides is 3. The molecule has 8 heteroatoms. The number of carbonyl (C=O) groups excluding carboxylic acids is 4. The summed E-state index contributed by atoms with van der Waals surface area (Å²) in [6, 6.07) is 14.1. The van der Waals surface area contributed by atoms with E-state index in [1.54, 1.807) is 38.1 Å². The van der Waals surface area contributed by atoms with E-state index in [0.717, 1.165) is 4.90 Å². The molecular formula is C22H22N2O6. The van der Waals surface area contributed by atoms with Gasteiger partial charge >= 0.3 is 18.0 Å². The van der Waals surface area contributed by atoms with Crippen LogP contribution < -0.4 is 10.1 Å². The second kappa shape index (κ2) is 8.77. The summed E-state index contributed by atoms with van der Waals surface area (Å²) in [5, 5.41) is 2.71. The first-order chi connectivity index (χ1) is 14.4. The average Bonchev–Trinajstić information content (AvgIpc) is 3.00. The summed E-state index contributed by atoms with van der Waals surface area (Å²) < 4.78 is 10.1. The lowest BCUT2D eigenvalue weighted by Gasteiger charge is -2.25. The number of hydrogen-bond donors (Lipinski definition) is 1. The van der Waals surface area contributed by atoms with Gasteiger partial charge < -0.3 is 14.8 Å². The summed E-state index contributed by atoms with van der Waals surface area (Å²) in [7, 11) is 0. The van der Waals surface area contributed by atoms with Crippen LogP contribution in [0.2, 0.25) is 0 Å². The summed E-state index contributed by atoms with van der Waals surface area (Å²) in [6.45, 7) is 3.22. The van der Waals surface area contributed by atoms with Gasteiger partial charge in [-0.25, -0.2) is 14.4 Å². The van der Waals surface area contributed by atoms with Gasteiger partial charge in [-0.2, -0.15) is 0 Å². The maximum Gasteiger partial charge on any atom is 0.338 e. The van der Waals surface area contributed by atoms with E-state index in [0.29, 0.717) is 17.5 Å². The van der Waals surface area contributed by atoms with Gasteiger partial charge in [-0.15, -0.1) is 0 Å². The molecule has 0 spiro atoms. The fourth-order valence-electron chi connectivity index (χ4n) is 3.30. The van der Waals surface area contributed by atoms with Crippen molar-refractivity contribution in [3.05, 3.63) is 65.7 Å². The van der Waals surface area contributed by atoms with E-state index in [9.17, 15) is 19.2 Å². The Balaban J connectivity index is 1.69. The van der Waals surface area contributed by atoms with Crippen LogP contribution in [0, 0.1) is 0 Å². The molecule has 3 amide bonds. The van der Waals surface area contributed by atoms with Gasteiger partial charge in [0.05, 0.1) is 12.2 Å². The smallest absolute Gasteiger partial charge is 0.338 e. The van der Waals surface area contributed by atoms with Crippen molar-refractivity contribution in [1.29, 1.82) is 0 Å². The first-order valence-electron chi connectivity index (χ1n) is 9.58. The zero-order valence-electron chi connectivity index (χ0n) is 16.7. The monoisotopic (exact) mass is 410 g/mol. The molecular weight excluding hydrogens is 388 g/mol. The summed E-state index contributed by atoms with van der Waals surface area (Å²) in [5.74, 6) is -1.57. The van der Waals surface area contributed by atoms with E-state index in [2.05, 4.69) is 5.32 Å². The Kier molecular flexibility index (Phi) is 6.15. The van der Waals surface area contributed by atoms with Gasteiger partial charge in [-0.3, -0.25) is 9.69 Å².